The Bertz CT molecular complexity index is 1820. The summed E-state index contributed by atoms with van der Waals surface area (Å²) in [5.41, 5.74) is 4.25. The molecule has 242 valence electrons. The van der Waals surface area contributed by atoms with E-state index in [1.807, 2.05) is 52.8 Å². The van der Waals surface area contributed by atoms with Crippen molar-refractivity contribution in [3.63, 3.8) is 0 Å². The lowest BCUT2D eigenvalue weighted by Crippen LogP contribution is -2.44. The number of ether oxygens (including phenoxy) is 2. The second-order valence-electron chi connectivity index (χ2n) is 12.3. The molecular formula is C34H40N6O5S. The van der Waals surface area contributed by atoms with E-state index in [1.54, 1.807) is 29.4 Å². The van der Waals surface area contributed by atoms with E-state index in [0.717, 1.165) is 16.7 Å². The zero-order valence-corrected chi connectivity index (χ0v) is 28.1. The van der Waals surface area contributed by atoms with Crippen molar-refractivity contribution >= 4 is 21.9 Å². The molecule has 0 fully saturated rings. The van der Waals surface area contributed by atoms with Crippen LogP contribution in [0.2, 0.25) is 0 Å². The summed E-state index contributed by atoms with van der Waals surface area (Å²) in [5, 5.41) is 0. The van der Waals surface area contributed by atoms with Crippen LogP contribution in [-0.4, -0.2) is 57.9 Å². The molecular weight excluding hydrogens is 604 g/mol. The smallest absolute Gasteiger partial charge is 0.264 e. The van der Waals surface area contributed by atoms with Gasteiger partial charge >= 0.3 is 0 Å². The summed E-state index contributed by atoms with van der Waals surface area (Å²) in [6.45, 7) is 13.9. The van der Waals surface area contributed by atoms with Crippen molar-refractivity contribution in [2.45, 2.75) is 78.5 Å². The molecule has 1 atom stereocenters. The molecule has 0 radical (unpaired) electrons. The largest absolute Gasteiger partial charge is 0.488 e. The highest BCUT2D eigenvalue weighted by Gasteiger charge is 2.30. The zero-order chi connectivity index (χ0) is 33.2. The number of nitrogens with zero attached hydrogens (tertiary/aromatic N) is 5. The van der Waals surface area contributed by atoms with Gasteiger partial charge in [0.15, 0.2) is 5.75 Å². The molecule has 0 aliphatic carbocycles. The van der Waals surface area contributed by atoms with Crippen LogP contribution in [0, 0.1) is 26.7 Å². The molecule has 46 heavy (non-hydrogen) atoms. The molecule has 11 nitrogen and oxygen atoms in total. The van der Waals surface area contributed by atoms with E-state index in [4.69, 9.17) is 9.47 Å². The summed E-state index contributed by atoms with van der Waals surface area (Å²) >= 11 is 0. The van der Waals surface area contributed by atoms with Crippen molar-refractivity contribution in [3.8, 4) is 22.9 Å². The first-order chi connectivity index (χ1) is 21.8. The zero-order valence-electron chi connectivity index (χ0n) is 27.2. The van der Waals surface area contributed by atoms with E-state index in [0.29, 0.717) is 29.3 Å². The third-order valence-corrected chi connectivity index (χ3v) is 8.98. The predicted octanol–water partition coefficient (Wildman–Crippen LogP) is 5.90. The van der Waals surface area contributed by atoms with Crippen molar-refractivity contribution in [1.29, 1.82) is 0 Å². The van der Waals surface area contributed by atoms with Crippen molar-refractivity contribution in [2.24, 2.45) is 5.92 Å². The summed E-state index contributed by atoms with van der Waals surface area (Å²) in [5.74, 6) is 0.862. The molecule has 1 aliphatic rings. The average molecular weight is 645 g/mol. The minimum absolute atomic E-state index is 0.0400. The van der Waals surface area contributed by atoms with Gasteiger partial charge in [-0.05, 0) is 76.3 Å². The first-order valence-corrected chi connectivity index (χ1v) is 16.8. The number of hydrogen-bond donors (Lipinski definition) is 1. The third kappa shape index (κ3) is 7.28. The fourth-order valence-electron chi connectivity index (χ4n) is 5.54. The number of rotatable bonds is 7. The highest BCUT2D eigenvalue weighted by Crippen LogP contribution is 2.34. The van der Waals surface area contributed by atoms with Gasteiger partial charge in [0, 0.05) is 16.7 Å². The predicted molar refractivity (Wildman–Crippen MR) is 175 cm³/mol. The van der Waals surface area contributed by atoms with Crippen molar-refractivity contribution in [3.05, 3.63) is 82.9 Å². The van der Waals surface area contributed by atoms with Crippen LogP contribution in [0.3, 0.4) is 0 Å². The third-order valence-electron chi connectivity index (χ3n) is 7.66. The molecule has 4 bridgehead atoms. The number of hydrogen-bond acceptors (Lipinski definition) is 9. The fraction of sp³-hybridized carbons (Fsp3) is 0.382. The Balaban J connectivity index is 1.65. The SMILES string of the molecule is Cc1cccc(C)c1-c1nc2nc(c1C)OC[C@@H](CC(C)C)N(Cc1ncc(OC(C)C)cn1)C(=O)c1cccc(c1)S(=O)(=O)N2. The Kier molecular flexibility index (Phi) is 9.57. The van der Waals surface area contributed by atoms with E-state index in [1.165, 1.54) is 12.1 Å². The molecule has 5 rings (SSSR count). The number of fused-ring (bicyclic) bond motifs is 4. The van der Waals surface area contributed by atoms with Crippen molar-refractivity contribution in [2.75, 3.05) is 11.3 Å². The highest BCUT2D eigenvalue weighted by atomic mass is 32.2. The van der Waals surface area contributed by atoms with Gasteiger partial charge in [-0.2, -0.15) is 4.98 Å². The number of benzene rings is 2. The minimum atomic E-state index is -4.18. The highest BCUT2D eigenvalue weighted by molar-refractivity contribution is 7.92. The standard InChI is InChI=1S/C34H40N6O5S/c1-20(2)14-26-19-44-32-24(7)31(30-22(5)10-8-11-23(30)6)37-34(38-32)39-46(42,43)28-13-9-12-25(15-28)33(41)40(26)18-29-35-16-27(17-36-29)45-21(3)4/h8-13,15-17,20-21,26H,14,18-19H2,1-7H3,(H,37,38,39)/t26-/m1/s1. The molecule has 0 saturated heterocycles. The summed E-state index contributed by atoms with van der Waals surface area (Å²) in [6.07, 6.45) is 3.72. The number of anilines is 1. The van der Waals surface area contributed by atoms with Crippen molar-refractivity contribution in [1.82, 2.24) is 24.8 Å². The lowest BCUT2D eigenvalue weighted by atomic mass is 9.97. The minimum Gasteiger partial charge on any atom is -0.488 e. The monoisotopic (exact) mass is 644 g/mol. The average Bonchev–Trinajstić information content (AvgIpc) is 2.99. The van der Waals surface area contributed by atoms with Crippen LogP contribution >= 0.6 is 0 Å². The maximum absolute atomic E-state index is 14.2. The van der Waals surface area contributed by atoms with Gasteiger partial charge in [-0.1, -0.05) is 38.1 Å². The second kappa shape index (κ2) is 13.4. The molecule has 1 amide bonds. The van der Waals surface area contributed by atoms with Crippen LogP contribution in [0.5, 0.6) is 11.6 Å². The molecule has 0 unspecified atom stereocenters. The molecule has 1 aliphatic heterocycles. The Morgan fingerprint density at radius 3 is 2.33 bits per heavy atom. The topological polar surface area (TPSA) is 136 Å². The van der Waals surface area contributed by atoms with E-state index in [-0.39, 0.29) is 53.4 Å². The summed E-state index contributed by atoms with van der Waals surface area (Å²) < 4.78 is 41.9. The number of aryl methyl sites for hydroxylation is 2. The molecule has 3 heterocycles. The van der Waals surface area contributed by atoms with Gasteiger partial charge in [-0.25, -0.2) is 28.1 Å². The van der Waals surface area contributed by atoms with Crippen LogP contribution in [0.4, 0.5) is 5.95 Å². The van der Waals surface area contributed by atoms with Crippen LogP contribution in [0.15, 0.2) is 59.8 Å². The number of carbonyl (C=O) groups is 1. The Labute approximate surface area is 270 Å². The number of sulfonamides is 1. The van der Waals surface area contributed by atoms with Gasteiger partial charge in [-0.15, -0.1) is 0 Å². The Morgan fingerprint density at radius 1 is 1.00 bits per heavy atom. The first kappa shape index (κ1) is 32.8. The lowest BCUT2D eigenvalue weighted by molar-refractivity contribution is 0.0545. The summed E-state index contributed by atoms with van der Waals surface area (Å²) in [4.78, 5) is 33.9. The van der Waals surface area contributed by atoms with E-state index < -0.39 is 16.1 Å². The van der Waals surface area contributed by atoms with Gasteiger partial charge in [0.25, 0.3) is 15.9 Å². The number of nitrogens with one attached hydrogen (secondary N) is 1. The summed E-state index contributed by atoms with van der Waals surface area (Å²) in [7, 11) is -4.18. The quantitative estimate of drug-likeness (QED) is 0.261. The van der Waals surface area contributed by atoms with Crippen LogP contribution in [0.25, 0.3) is 11.3 Å². The summed E-state index contributed by atoms with van der Waals surface area (Å²) in [6, 6.07) is 11.4. The van der Waals surface area contributed by atoms with Gasteiger partial charge in [0.1, 0.15) is 12.4 Å². The van der Waals surface area contributed by atoms with Gasteiger partial charge in [-0.3, -0.25) is 4.79 Å². The van der Waals surface area contributed by atoms with E-state index >= 15 is 0 Å². The number of aromatic nitrogens is 4. The Morgan fingerprint density at radius 2 is 1.67 bits per heavy atom. The fourth-order valence-corrected chi connectivity index (χ4v) is 6.53. The second-order valence-corrected chi connectivity index (χ2v) is 13.9. The van der Waals surface area contributed by atoms with E-state index in [2.05, 4.69) is 38.5 Å². The molecule has 2 aromatic heterocycles. The molecule has 0 saturated carbocycles. The molecule has 1 N–H and O–H groups in total. The number of amides is 1. The van der Waals surface area contributed by atoms with Gasteiger partial charge in [0.05, 0.1) is 41.7 Å². The van der Waals surface area contributed by atoms with Gasteiger partial charge < -0.3 is 14.4 Å². The lowest BCUT2D eigenvalue weighted by Gasteiger charge is -2.32. The maximum Gasteiger partial charge on any atom is 0.264 e. The molecule has 0 spiro atoms. The number of carbonyl (C=O) groups excluding carboxylic acids is 1. The molecule has 4 aromatic rings. The molecule has 12 heteroatoms. The van der Waals surface area contributed by atoms with Crippen LogP contribution in [0.1, 0.15) is 67.0 Å². The normalized spacial score (nSPS) is 16.2. The van der Waals surface area contributed by atoms with E-state index in [9.17, 15) is 13.2 Å². The van der Waals surface area contributed by atoms with Gasteiger partial charge in [0.2, 0.25) is 11.8 Å². The Hall–Kier alpha value is -4.58. The van der Waals surface area contributed by atoms with Crippen LogP contribution in [-0.2, 0) is 16.6 Å². The molecule has 2 aromatic carbocycles. The first-order valence-electron chi connectivity index (χ1n) is 15.3. The van der Waals surface area contributed by atoms with Crippen molar-refractivity contribution < 1.29 is 22.7 Å². The van der Waals surface area contributed by atoms with Crippen LogP contribution < -0.4 is 14.2 Å². The maximum atomic E-state index is 14.2.